The molecule has 0 radical (unpaired) electrons. The molecular weight excluding hydrogens is 301 g/mol. The first-order chi connectivity index (χ1) is 10.3. The van der Waals surface area contributed by atoms with E-state index in [-0.39, 0.29) is 11.8 Å². The van der Waals surface area contributed by atoms with Crippen molar-refractivity contribution < 1.29 is 22.7 Å². The Morgan fingerprint density at radius 1 is 1.55 bits per heavy atom. The Balaban J connectivity index is 1.98. The lowest BCUT2D eigenvalue weighted by molar-refractivity contribution is -0.141. The molecule has 1 atom stereocenters. The van der Waals surface area contributed by atoms with Crippen molar-refractivity contribution in [1.29, 1.82) is 0 Å². The minimum absolute atomic E-state index is 0.110. The maximum atomic E-state index is 12.5. The monoisotopic (exact) mass is 320 g/mol. The molecule has 1 aliphatic rings. The summed E-state index contributed by atoms with van der Waals surface area (Å²) in [6, 6.07) is 0.743. The molecule has 2 rings (SSSR count). The lowest BCUT2D eigenvalue weighted by Crippen LogP contribution is -2.46. The minimum atomic E-state index is -4.54. The summed E-state index contributed by atoms with van der Waals surface area (Å²) in [5.41, 5.74) is -1.24. The van der Waals surface area contributed by atoms with Crippen LogP contribution in [0.25, 0.3) is 0 Å². The Bertz CT molecular complexity index is 516. The molecule has 1 fully saturated rings. The summed E-state index contributed by atoms with van der Waals surface area (Å²) in [6.45, 7) is 1.90. The maximum absolute atomic E-state index is 12.5. The van der Waals surface area contributed by atoms with E-state index in [2.05, 4.69) is 5.10 Å². The predicted octanol–water partition coefficient (Wildman–Crippen LogP) is 1.22. The van der Waals surface area contributed by atoms with Gasteiger partial charge < -0.3 is 14.5 Å². The number of halogens is 3. The van der Waals surface area contributed by atoms with E-state index in [1.807, 2.05) is 24.1 Å². The lowest BCUT2D eigenvalue weighted by Gasteiger charge is -2.33. The number of nitrogens with one attached hydrogen (secondary N) is 1. The van der Waals surface area contributed by atoms with Crippen LogP contribution in [0.5, 0.6) is 0 Å². The van der Waals surface area contributed by atoms with E-state index in [1.165, 1.54) is 4.90 Å². The molecule has 1 unspecified atom stereocenters. The highest BCUT2D eigenvalue weighted by atomic mass is 19.4. The number of carbonyl (C=O) groups is 1. The summed E-state index contributed by atoms with van der Waals surface area (Å²) in [4.78, 5) is 15.7. The lowest BCUT2D eigenvalue weighted by atomic mass is 10.2. The van der Waals surface area contributed by atoms with Crippen LogP contribution in [0.2, 0.25) is 0 Å². The van der Waals surface area contributed by atoms with Crippen molar-refractivity contribution in [3.63, 3.8) is 0 Å². The highest BCUT2D eigenvalue weighted by Gasteiger charge is 2.35. The van der Waals surface area contributed by atoms with Crippen molar-refractivity contribution in [3.05, 3.63) is 17.5 Å². The highest BCUT2D eigenvalue weighted by Crippen LogP contribution is 2.28. The van der Waals surface area contributed by atoms with Gasteiger partial charge in [0.25, 0.3) is 5.91 Å². The normalized spacial score (nSPS) is 19.7. The number of nitrogens with zero attached hydrogens (tertiary/aromatic N) is 3. The smallest absolute Gasteiger partial charge is 0.374 e. The molecule has 124 valence electrons. The van der Waals surface area contributed by atoms with Gasteiger partial charge in [-0.25, -0.2) is 0 Å². The van der Waals surface area contributed by atoms with Crippen LogP contribution in [-0.2, 0) is 10.9 Å². The van der Waals surface area contributed by atoms with E-state index in [1.54, 1.807) is 0 Å². The second kappa shape index (κ2) is 6.66. The third kappa shape index (κ3) is 4.20. The van der Waals surface area contributed by atoms with Crippen molar-refractivity contribution in [2.24, 2.45) is 0 Å². The third-order valence-electron chi connectivity index (χ3n) is 3.43. The van der Waals surface area contributed by atoms with Gasteiger partial charge in [0.05, 0.1) is 12.7 Å². The number of rotatable bonds is 4. The van der Waals surface area contributed by atoms with Crippen LogP contribution < -0.4 is 0 Å². The first-order valence-corrected chi connectivity index (χ1v) is 6.95. The predicted molar refractivity (Wildman–Crippen MR) is 72.4 cm³/mol. The highest BCUT2D eigenvalue weighted by molar-refractivity contribution is 5.92. The number of aromatic amines is 1. The maximum Gasteiger partial charge on any atom is 0.432 e. The Kier molecular flexibility index (Phi) is 5.07. The molecule has 0 aliphatic carbocycles. The average molecular weight is 320 g/mol. The SMILES string of the molecule is CN(C)CCC1CN(C(=O)c2cc(C(F)(F)F)[nH]n2)CCO1. The van der Waals surface area contributed by atoms with E-state index in [9.17, 15) is 18.0 Å². The summed E-state index contributed by atoms with van der Waals surface area (Å²) >= 11 is 0. The van der Waals surface area contributed by atoms with Crippen molar-refractivity contribution in [3.8, 4) is 0 Å². The van der Waals surface area contributed by atoms with Gasteiger partial charge in [0.1, 0.15) is 5.69 Å². The van der Waals surface area contributed by atoms with Gasteiger partial charge in [-0.1, -0.05) is 0 Å². The van der Waals surface area contributed by atoms with Crippen LogP contribution in [-0.4, -0.2) is 72.3 Å². The van der Waals surface area contributed by atoms with E-state index < -0.39 is 17.8 Å². The van der Waals surface area contributed by atoms with Crippen molar-refractivity contribution in [1.82, 2.24) is 20.0 Å². The Labute approximate surface area is 126 Å². The zero-order chi connectivity index (χ0) is 16.3. The molecule has 1 saturated heterocycles. The fourth-order valence-corrected chi connectivity index (χ4v) is 2.22. The van der Waals surface area contributed by atoms with Gasteiger partial charge in [-0.3, -0.25) is 9.89 Å². The van der Waals surface area contributed by atoms with Gasteiger partial charge in [0.2, 0.25) is 0 Å². The van der Waals surface area contributed by atoms with Gasteiger partial charge in [-0.05, 0) is 20.5 Å². The van der Waals surface area contributed by atoms with Crippen LogP contribution in [0, 0.1) is 0 Å². The number of aromatic nitrogens is 2. The summed E-state index contributed by atoms with van der Waals surface area (Å²) in [6.07, 6.45) is -3.89. The standard InChI is InChI=1S/C13H19F3N4O2/c1-19(2)4-3-9-8-20(5-6-22-9)12(21)10-7-11(18-17-10)13(14,15)16/h7,9H,3-6,8H2,1-2H3,(H,17,18). The quantitative estimate of drug-likeness (QED) is 0.906. The number of carbonyl (C=O) groups excluding carboxylic acids is 1. The van der Waals surface area contributed by atoms with Gasteiger partial charge in [0.15, 0.2) is 5.69 Å². The van der Waals surface area contributed by atoms with Crippen LogP contribution >= 0.6 is 0 Å². The number of alkyl halides is 3. The molecule has 0 aromatic carbocycles. The fourth-order valence-electron chi connectivity index (χ4n) is 2.22. The van der Waals surface area contributed by atoms with Gasteiger partial charge in [-0.2, -0.15) is 18.3 Å². The Morgan fingerprint density at radius 2 is 2.27 bits per heavy atom. The van der Waals surface area contributed by atoms with Crippen LogP contribution in [0.15, 0.2) is 6.07 Å². The number of hydrogen-bond acceptors (Lipinski definition) is 4. The second-order valence-corrected chi connectivity index (χ2v) is 5.50. The zero-order valence-electron chi connectivity index (χ0n) is 12.5. The molecule has 9 heteroatoms. The third-order valence-corrected chi connectivity index (χ3v) is 3.43. The summed E-state index contributed by atoms with van der Waals surface area (Å²) < 4.78 is 43.1. The summed E-state index contributed by atoms with van der Waals surface area (Å²) in [5, 5.41) is 5.33. The molecule has 2 heterocycles. The number of hydrogen-bond donors (Lipinski definition) is 1. The zero-order valence-corrected chi connectivity index (χ0v) is 12.5. The van der Waals surface area contributed by atoms with Crippen LogP contribution in [0.4, 0.5) is 13.2 Å². The van der Waals surface area contributed by atoms with Crippen LogP contribution in [0.1, 0.15) is 22.6 Å². The van der Waals surface area contributed by atoms with Crippen LogP contribution in [0.3, 0.4) is 0 Å². The number of ether oxygens (including phenoxy) is 1. The molecule has 1 aromatic heterocycles. The van der Waals surface area contributed by atoms with E-state index >= 15 is 0 Å². The van der Waals surface area contributed by atoms with E-state index in [0.717, 1.165) is 19.0 Å². The molecule has 0 spiro atoms. The van der Waals surface area contributed by atoms with Gasteiger partial charge in [-0.15, -0.1) is 0 Å². The first kappa shape index (κ1) is 16.8. The minimum Gasteiger partial charge on any atom is -0.374 e. The Morgan fingerprint density at radius 3 is 2.86 bits per heavy atom. The van der Waals surface area contributed by atoms with Crippen molar-refractivity contribution >= 4 is 5.91 Å². The van der Waals surface area contributed by atoms with E-state index in [4.69, 9.17) is 4.74 Å². The molecule has 6 nitrogen and oxygen atoms in total. The van der Waals surface area contributed by atoms with Gasteiger partial charge in [0, 0.05) is 25.7 Å². The summed E-state index contributed by atoms with van der Waals surface area (Å²) in [5.74, 6) is -0.509. The number of amides is 1. The van der Waals surface area contributed by atoms with Crippen molar-refractivity contribution in [2.75, 3.05) is 40.3 Å². The molecular formula is C13H19F3N4O2. The molecule has 1 amide bonds. The second-order valence-electron chi connectivity index (χ2n) is 5.50. The number of morpholine rings is 1. The topological polar surface area (TPSA) is 61.5 Å². The fraction of sp³-hybridized carbons (Fsp3) is 0.692. The Hall–Kier alpha value is -1.61. The first-order valence-electron chi connectivity index (χ1n) is 6.95. The van der Waals surface area contributed by atoms with Gasteiger partial charge >= 0.3 is 6.18 Å². The van der Waals surface area contributed by atoms with Crippen molar-refractivity contribution in [2.45, 2.75) is 18.7 Å². The average Bonchev–Trinajstić information content (AvgIpc) is 2.94. The number of H-pyrrole nitrogens is 1. The molecule has 1 N–H and O–H groups in total. The molecule has 22 heavy (non-hydrogen) atoms. The largest absolute Gasteiger partial charge is 0.432 e. The molecule has 1 aliphatic heterocycles. The summed E-state index contributed by atoms with van der Waals surface area (Å²) in [7, 11) is 3.88. The van der Waals surface area contributed by atoms with E-state index in [0.29, 0.717) is 19.7 Å². The molecule has 0 saturated carbocycles. The molecule has 1 aromatic rings. The molecule has 0 bridgehead atoms.